The highest BCUT2D eigenvalue weighted by molar-refractivity contribution is 9.10. The zero-order valence-electron chi connectivity index (χ0n) is 12.4. The van der Waals surface area contributed by atoms with E-state index < -0.39 is 5.91 Å². The first kappa shape index (κ1) is 15.4. The molecule has 0 aliphatic heterocycles. The van der Waals surface area contributed by atoms with Crippen molar-refractivity contribution in [1.82, 2.24) is 14.7 Å². The molecule has 5 nitrogen and oxygen atoms in total. The molecule has 23 heavy (non-hydrogen) atoms. The Bertz CT molecular complexity index is 936. The van der Waals surface area contributed by atoms with Crippen molar-refractivity contribution in [3.05, 3.63) is 80.8 Å². The molecule has 3 aromatic rings. The summed E-state index contributed by atoms with van der Waals surface area (Å²) in [7, 11) is 0. The SMILES string of the molecule is CC(NC(=O)c1cnc2ccccn2c1=O)c1cccc(Br)c1. The van der Waals surface area contributed by atoms with Crippen LogP contribution in [0, 0.1) is 0 Å². The van der Waals surface area contributed by atoms with E-state index in [4.69, 9.17) is 0 Å². The Morgan fingerprint density at radius 2 is 2.09 bits per heavy atom. The minimum absolute atomic E-state index is 0.0237. The van der Waals surface area contributed by atoms with E-state index in [2.05, 4.69) is 26.2 Å². The number of benzene rings is 1. The molecule has 116 valence electrons. The Labute approximate surface area is 141 Å². The zero-order chi connectivity index (χ0) is 16.4. The second-order valence-electron chi connectivity index (χ2n) is 5.16. The van der Waals surface area contributed by atoms with Gasteiger partial charge in [0.25, 0.3) is 11.5 Å². The molecule has 0 fully saturated rings. The summed E-state index contributed by atoms with van der Waals surface area (Å²) in [6.45, 7) is 1.87. The van der Waals surface area contributed by atoms with E-state index in [0.717, 1.165) is 10.0 Å². The van der Waals surface area contributed by atoms with Gasteiger partial charge in [0.2, 0.25) is 0 Å². The number of hydrogen-bond donors (Lipinski definition) is 1. The summed E-state index contributed by atoms with van der Waals surface area (Å²) in [6.07, 6.45) is 2.92. The Hall–Kier alpha value is -2.47. The van der Waals surface area contributed by atoms with E-state index in [0.29, 0.717) is 5.65 Å². The molecule has 1 aromatic carbocycles. The van der Waals surface area contributed by atoms with Crippen LogP contribution >= 0.6 is 15.9 Å². The molecule has 0 bridgehead atoms. The predicted molar refractivity (Wildman–Crippen MR) is 91.5 cm³/mol. The van der Waals surface area contributed by atoms with E-state index in [1.807, 2.05) is 31.2 Å². The Kier molecular flexibility index (Phi) is 4.25. The van der Waals surface area contributed by atoms with Gasteiger partial charge in [-0.15, -0.1) is 0 Å². The lowest BCUT2D eigenvalue weighted by Gasteiger charge is -2.14. The van der Waals surface area contributed by atoms with Gasteiger partial charge < -0.3 is 5.32 Å². The number of rotatable bonds is 3. The smallest absolute Gasteiger partial charge is 0.270 e. The molecule has 2 aromatic heterocycles. The first-order valence-corrected chi connectivity index (χ1v) is 7.88. The molecular weight excluding hydrogens is 358 g/mol. The van der Waals surface area contributed by atoms with Gasteiger partial charge in [-0.1, -0.05) is 34.1 Å². The maximum atomic E-state index is 12.4. The molecular formula is C17H14BrN3O2. The molecule has 1 unspecified atom stereocenters. The maximum Gasteiger partial charge on any atom is 0.270 e. The average Bonchev–Trinajstić information content (AvgIpc) is 2.55. The van der Waals surface area contributed by atoms with Gasteiger partial charge in [-0.25, -0.2) is 4.98 Å². The van der Waals surface area contributed by atoms with Gasteiger partial charge in [-0.2, -0.15) is 0 Å². The molecule has 0 saturated heterocycles. The third kappa shape index (κ3) is 3.17. The highest BCUT2D eigenvalue weighted by Crippen LogP contribution is 2.18. The highest BCUT2D eigenvalue weighted by atomic mass is 79.9. The van der Waals surface area contributed by atoms with E-state index in [9.17, 15) is 9.59 Å². The lowest BCUT2D eigenvalue weighted by atomic mass is 10.1. The van der Waals surface area contributed by atoms with E-state index in [1.165, 1.54) is 10.6 Å². The number of halogens is 1. The first-order chi connectivity index (χ1) is 11.1. The van der Waals surface area contributed by atoms with Crippen LogP contribution in [-0.2, 0) is 0 Å². The van der Waals surface area contributed by atoms with Gasteiger partial charge in [-0.3, -0.25) is 14.0 Å². The fourth-order valence-electron chi connectivity index (χ4n) is 2.32. The van der Waals surface area contributed by atoms with Gasteiger partial charge in [0, 0.05) is 16.9 Å². The molecule has 0 aliphatic carbocycles. The lowest BCUT2D eigenvalue weighted by Crippen LogP contribution is -2.33. The van der Waals surface area contributed by atoms with Crippen molar-refractivity contribution in [3.8, 4) is 0 Å². The van der Waals surface area contributed by atoms with Crippen LogP contribution in [0.3, 0.4) is 0 Å². The van der Waals surface area contributed by atoms with Crippen molar-refractivity contribution in [2.45, 2.75) is 13.0 Å². The lowest BCUT2D eigenvalue weighted by molar-refractivity contribution is 0.0938. The van der Waals surface area contributed by atoms with Crippen LogP contribution in [0.1, 0.15) is 28.9 Å². The number of nitrogens with zero attached hydrogens (tertiary/aromatic N) is 2. The van der Waals surface area contributed by atoms with Crippen molar-refractivity contribution < 1.29 is 4.79 Å². The molecule has 2 heterocycles. The largest absolute Gasteiger partial charge is 0.345 e. The fourth-order valence-corrected chi connectivity index (χ4v) is 2.73. The van der Waals surface area contributed by atoms with Crippen LogP contribution in [0.15, 0.2) is 64.1 Å². The van der Waals surface area contributed by atoms with Gasteiger partial charge in [0.05, 0.1) is 6.04 Å². The predicted octanol–water partition coefficient (Wildman–Crippen LogP) is 2.95. The zero-order valence-corrected chi connectivity index (χ0v) is 13.9. The molecule has 0 spiro atoms. The quantitative estimate of drug-likeness (QED) is 0.769. The number of amides is 1. The molecule has 1 amide bonds. The van der Waals surface area contributed by atoms with E-state index >= 15 is 0 Å². The van der Waals surface area contributed by atoms with Crippen LogP contribution in [-0.4, -0.2) is 15.3 Å². The molecule has 1 atom stereocenters. The number of carbonyl (C=O) groups is 1. The number of pyridine rings is 1. The van der Waals surface area contributed by atoms with Crippen LogP contribution < -0.4 is 10.9 Å². The third-order valence-electron chi connectivity index (χ3n) is 3.55. The van der Waals surface area contributed by atoms with Gasteiger partial charge >= 0.3 is 0 Å². The van der Waals surface area contributed by atoms with E-state index in [1.54, 1.807) is 24.4 Å². The Morgan fingerprint density at radius 3 is 2.87 bits per heavy atom. The first-order valence-electron chi connectivity index (χ1n) is 7.09. The summed E-state index contributed by atoms with van der Waals surface area (Å²) < 4.78 is 2.29. The summed E-state index contributed by atoms with van der Waals surface area (Å²) in [5, 5.41) is 2.83. The monoisotopic (exact) mass is 371 g/mol. The van der Waals surface area contributed by atoms with Crippen LogP contribution in [0.25, 0.3) is 5.65 Å². The molecule has 3 rings (SSSR count). The minimum atomic E-state index is -0.437. The van der Waals surface area contributed by atoms with Crippen LogP contribution in [0.4, 0.5) is 0 Å². The van der Waals surface area contributed by atoms with E-state index in [-0.39, 0.29) is 17.2 Å². The molecule has 0 aliphatic rings. The molecule has 0 saturated carbocycles. The average molecular weight is 372 g/mol. The normalized spacial score (nSPS) is 12.1. The van der Waals surface area contributed by atoms with Crippen LogP contribution in [0.2, 0.25) is 0 Å². The second-order valence-corrected chi connectivity index (χ2v) is 6.07. The topological polar surface area (TPSA) is 63.5 Å². The standard InChI is InChI=1S/C17H14BrN3O2/c1-11(12-5-4-6-13(18)9-12)20-16(22)14-10-19-15-7-2-3-8-21(15)17(14)23/h2-11H,1H3,(H,20,22). The van der Waals surface area contributed by atoms with Crippen molar-refractivity contribution in [1.29, 1.82) is 0 Å². The fraction of sp³-hybridized carbons (Fsp3) is 0.118. The van der Waals surface area contributed by atoms with Gasteiger partial charge in [0.1, 0.15) is 11.2 Å². The number of hydrogen-bond acceptors (Lipinski definition) is 3. The Balaban J connectivity index is 1.89. The minimum Gasteiger partial charge on any atom is -0.345 e. The summed E-state index contributed by atoms with van der Waals surface area (Å²) in [5.41, 5.74) is 1.10. The Morgan fingerprint density at radius 1 is 1.26 bits per heavy atom. The highest BCUT2D eigenvalue weighted by Gasteiger charge is 2.16. The van der Waals surface area contributed by atoms with Gasteiger partial charge in [-0.05, 0) is 36.8 Å². The van der Waals surface area contributed by atoms with Crippen molar-refractivity contribution in [3.63, 3.8) is 0 Å². The maximum absolute atomic E-state index is 12.4. The van der Waals surface area contributed by atoms with Crippen molar-refractivity contribution in [2.24, 2.45) is 0 Å². The van der Waals surface area contributed by atoms with Crippen molar-refractivity contribution >= 4 is 27.5 Å². The summed E-state index contributed by atoms with van der Waals surface area (Å²) in [4.78, 5) is 29.0. The summed E-state index contributed by atoms with van der Waals surface area (Å²) in [5.74, 6) is -0.437. The number of fused-ring (bicyclic) bond motifs is 1. The van der Waals surface area contributed by atoms with Gasteiger partial charge in [0.15, 0.2) is 0 Å². The summed E-state index contributed by atoms with van der Waals surface area (Å²) >= 11 is 3.40. The van der Waals surface area contributed by atoms with Crippen molar-refractivity contribution in [2.75, 3.05) is 0 Å². The van der Waals surface area contributed by atoms with Crippen LogP contribution in [0.5, 0.6) is 0 Å². The molecule has 1 N–H and O–H groups in total. The number of aromatic nitrogens is 2. The number of carbonyl (C=O) groups excluding carboxylic acids is 1. The third-order valence-corrected chi connectivity index (χ3v) is 4.05. The molecule has 6 heteroatoms. The summed E-state index contributed by atoms with van der Waals surface area (Å²) in [6, 6.07) is 12.7. The second kappa shape index (κ2) is 6.34. The molecule has 0 radical (unpaired) electrons. The number of nitrogens with one attached hydrogen (secondary N) is 1.